The summed E-state index contributed by atoms with van der Waals surface area (Å²) in [5.74, 6) is -1.18. The molecule has 6 nitrogen and oxygen atoms in total. The number of nitrogens with one attached hydrogen (secondary N) is 2. The molecule has 3 N–H and O–H groups in total. The fourth-order valence-corrected chi connectivity index (χ4v) is 4.50. The Kier molecular flexibility index (Phi) is 11.6. The maximum atomic E-state index is 13.7. The summed E-state index contributed by atoms with van der Waals surface area (Å²) in [6, 6.07) is 19.6. The molecule has 206 valence electrons. The molecular weight excluding hydrogens is 502 g/mol. The van der Waals surface area contributed by atoms with Crippen LogP contribution in [0.1, 0.15) is 42.0 Å². The highest BCUT2D eigenvalue weighted by Gasteiger charge is 2.20. The summed E-state index contributed by atoms with van der Waals surface area (Å²) in [6.45, 7) is 4.06. The van der Waals surface area contributed by atoms with Gasteiger partial charge in [0.15, 0.2) is 11.6 Å². The Labute approximate surface area is 227 Å². The Balaban J connectivity index is 0.00000134. The minimum atomic E-state index is -0.564. The lowest BCUT2D eigenvalue weighted by atomic mass is 9.92. The van der Waals surface area contributed by atoms with Crippen LogP contribution in [0, 0.1) is 11.6 Å². The lowest BCUT2D eigenvalue weighted by Crippen LogP contribution is -2.34. The van der Waals surface area contributed by atoms with Gasteiger partial charge in [0, 0.05) is 24.7 Å². The minimum absolute atomic E-state index is 0.0334. The van der Waals surface area contributed by atoms with Gasteiger partial charge in [-0.15, -0.1) is 0 Å². The zero-order valence-electron chi connectivity index (χ0n) is 22.0. The second-order valence-electron chi connectivity index (χ2n) is 9.02. The summed E-state index contributed by atoms with van der Waals surface area (Å²) < 4.78 is 32.3. The molecule has 3 aromatic carbocycles. The number of halogens is 2. The van der Waals surface area contributed by atoms with E-state index in [0.29, 0.717) is 26.1 Å². The van der Waals surface area contributed by atoms with Crippen molar-refractivity contribution in [2.75, 3.05) is 19.7 Å². The van der Waals surface area contributed by atoms with Crippen molar-refractivity contribution in [2.24, 2.45) is 0 Å². The van der Waals surface area contributed by atoms with E-state index in [-0.39, 0.29) is 18.1 Å². The van der Waals surface area contributed by atoms with Gasteiger partial charge < -0.3 is 20.5 Å². The third kappa shape index (κ3) is 8.75. The van der Waals surface area contributed by atoms with Crippen molar-refractivity contribution in [3.05, 3.63) is 106 Å². The molecule has 0 fully saturated rings. The number of hydrogen-bond donors (Lipinski definition) is 3. The van der Waals surface area contributed by atoms with Gasteiger partial charge in [-0.25, -0.2) is 8.78 Å². The molecule has 8 heteroatoms. The van der Waals surface area contributed by atoms with E-state index in [9.17, 15) is 13.6 Å². The van der Waals surface area contributed by atoms with Crippen molar-refractivity contribution in [1.29, 1.82) is 0 Å². The summed E-state index contributed by atoms with van der Waals surface area (Å²) in [4.78, 5) is 21.4. The van der Waals surface area contributed by atoms with Crippen molar-refractivity contribution in [3.63, 3.8) is 0 Å². The maximum absolute atomic E-state index is 13.7. The molecule has 1 heterocycles. The van der Waals surface area contributed by atoms with Gasteiger partial charge in [0.05, 0.1) is 6.61 Å². The van der Waals surface area contributed by atoms with Gasteiger partial charge in [-0.2, -0.15) is 0 Å². The van der Waals surface area contributed by atoms with Crippen molar-refractivity contribution < 1.29 is 28.2 Å². The number of carbonyl (C=O) groups excluding carboxylic acids is 1. The van der Waals surface area contributed by atoms with Crippen LogP contribution >= 0.6 is 0 Å². The number of benzene rings is 3. The fourth-order valence-electron chi connectivity index (χ4n) is 4.50. The summed E-state index contributed by atoms with van der Waals surface area (Å²) in [6.07, 6.45) is 3.15. The molecule has 1 amide bonds. The fraction of sp³-hybridized carbons (Fsp3) is 0.290. The topological polar surface area (TPSA) is 87.7 Å². The summed E-state index contributed by atoms with van der Waals surface area (Å²) in [7, 11) is 0. The number of ether oxygens (including phenoxy) is 1. The van der Waals surface area contributed by atoms with Crippen LogP contribution in [0.3, 0.4) is 0 Å². The van der Waals surface area contributed by atoms with Crippen LogP contribution in [-0.2, 0) is 29.0 Å². The van der Waals surface area contributed by atoms with Crippen molar-refractivity contribution >= 4 is 18.0 Å². The van der Waals surface area contributed by atoms with Crippen molar-refractivity contribution in [2.45, 2.75) is 39.2 Å². The molecule has 1 aliphatic rings. The third-order valence-corrected chi connectivity index (χ3v) is 6.49. The quantitative estimate of drug-likeness (QED) is 0.242. The maximum Gasteiger partial charge on any atom is 0.290 e. The second kappa shape index (κ2) is 15.4. The van der Waals surface area contributed by atoms with Crippen LogP contribution in [-0.4, -0.2) is 37.2 Å². The van der Waals surface area contributed by atoms with E-state index in [1.54, 1.807) is 0 Å². The number of carbonyl (C=O) groups is 2. The first-order valence-corrected chi connectivity index (χ1v) is 13.0. The third-order valence-electron chi connectivity index (χ3n) is 6.49. The van der Waals surface area contributed by atoms with Crippen LogP contribution in [0.4, 0.5) is 8.78 Å². The van der Waals surface area contributed by atoms with E-state index in [1.807, 2.05) is 12.1 Å². The van der Waals surface area contributed by atoms with Gasteiger partial charge in [-0.05, 0) is 72.2 Å². The normalized spacial score (nSPS) is 12.8. The molecule has 0 saturated carbocycles. The van der Waals surface area contributed by atoms with E-state index < -0.39 is 11.6 Å². The lowest BCUT2D eigenvalue weighted by molar-refractivity contribution is -0.123. The Hall–Kier alpha value is -4.04. The number of carboxylic acid groups (broad SMARTS) is 1. The van der Waals surface area contributed by atoms with Crippen LogP contribution < -0.4 is 15.4 Å². The Morgan fingerprint density at radius 1 is 1.08 bits per heavy atom. The minimum Gasteiger partial charge on any atom is -0.490 e. The first-order chi connectivity index (χ1) is 19.0. The summed E-state index contributed by atoms with van der Waals surface area (Å²) in [5, 5.41) is 13.3. The molecule has 0 unspecified atom stereocenters. The average molecular weight is 537 g/mol. The van der Waals surface area contributed by atoms with E-state index in [4.69, 9.17) is 14.6 Å². The van der Waals surface area contributed by atoms with Gasteiger partial charge >= 0.3 is 0 Å². The molecule has 3 aromatic rings. The molecule has 0 atom stereocenters. The number of rotatable bonds is 10. The molecular formula is C31H34F2N2O4. The Morgan fingerprint density at radius 2 is 1.79 bits per heavy atom. The number of amides is 1. The van der Waals surface area contributed by atoms with E-state index >= 15 is 0 Å². The van der Waals surface area contributed by atoms with Crippen molar-refractivity contribution in [3.8, 4) is 5.75 Å². The lowest BCUT2D eigenvalue weighted by Gasteiger charge is -2.22. The smallest absolute Gasteiger partial charge is 0.290 e. The van der Waals surface area contributed by atoms with Crippen LogP contribution in [0.25, 0.3) is 5.57 Å². The Morgan fingerprint density at radius 3 is 2.51 bits per heavy atom. The van der Waals surface area contributed by atoms with Gasteiger partial charge in [-0.1, -0.05) is 55.5 Å². The van der Waals surface area contributed by atoms with E-state index in [0.717, 1.165) is 71.8 Å². The highest BCUT2D eigenvalue weighted by molar-refractivity contribution is 6.02. The molecule has 4 rings (SSSR count). The number of aryl methyl sites for hydroxylation is 2. The summed E-state index contributed by atoms with van der Waals surface area (Å²) >= 11 is 0. The second-order valence-corrected chi connectivity index (χ2v) is 9.02. The zero-order chi connectivity index (χ0) is 28.0. The van der Waals surface area contributed by atoms with Gasteiger partial charge in [0.1, 0.15) is 5.82 Å². The molecule has 0 aliphatic carbocycles. The molecule has 0 spiro atoms. The largest absolute Gasteiger partial charge is 0.490 e. The van der Waals surface area contributed by atoms with Crippen LogP contribution in [0.15, 0.2) is 72.3 Å². The van der Waals surface area contributed by atoms with Crippen molar-refractivity contribution in [1.82, 2.24) is 10.6 Å². The molecule has 39 heavy (non-hydrogen) atoms. The highest BCUT2D eigenvalue weighted by atomic mass is 19.1. The predicted molar refractivity (Wildman–Crippen MR) is 147 cm³/mol. The Bertz CT molecular complexity index is 1280. The molecule has 0 bridgehead atoms. The highest BCUT2D eigenvalue weighted by Crippen LogP contribution is 2.26. The van der Waals surface area contributed by atoms with E-state index in [1.165, 1.54) is 5.56 Å². The average Bonchev–Trinajstić information content (AvgIpc) is 2.96. The SMILES string of the molecule is CCc1ccccc1CNC(=O)C1=C(c2ccc(CCCOc3cc(F)ccc3F)cc2)CCNC1.O=CO. The predicted octanol–water partition coefficient (Wildman–Crippen LogP) is 5.30. The molecule has 0 radical (unpaired) electrons. The van der Waals surface area contributed by atoms with Gasteiger partial charge in [0.25, 0.3) is 6.47 Å². The first-order valence-electron chi connectivity index (χ1n) is 13.0. The van der Waals surface area contributed by atoms with E-state index in [2.05, 4.69) is 54.0 Å². The molecule has 1 aliphatic heterocycles. The zero-order valence-corrected chi connectivity index (χ0v) is 22.0. The molecule has 0 aromatic heterocycles. The molecule has 0 saturated heterocycles. The standard InChI is InChI=1S/C30H32F2N2O2.CH2O2/c1-2-22-7-3-4-8-24(22)19-34-30(35)27-20-33-16-15-26(27)23-11-9-21(10-12-23)6-5-17-36-29-18-25(31)13-14-28(29)32;2-1-3/h3-4,7-14,18,33H,2,5-6,15-17,19-20H2,1H3,(H,34,35);1H,(H,2,3). The monoisotopic (exact) mass is 536 g/mol. The van der Waals surface area contributed by atoms with Gasteiger partial charge in [-0.3, -0.25) is 9.59 Å². The van der Waals surface area contributed by atoms with Gasteiger partial charge in [0.2, 0.25) is 5.91 Å². The van der Waals surface area contributed by atoms with Crippen LogP contribution in [0.2, 0.25) is 0 Å². The number of hydrogen-bond acceptors (Lipinski definition) is 4. The first kappa shape index (κ1) is 29.5. The summed E-state index contributed by atoms with van der Waals surface area (Å²) in [5.41, 5.74) is 6.43. The van der Waals surface area contributed by atoms with Crippen LogP contribution in [0.5, 0.6) is 5.75 Å².